The number of thiazole rings is 1. The van der Waals surface area contributed by atoms with E-state index in [9.17, 15) is 18.8 Å². The van der Waals surface area contributed by atoms with Crippen molar-refractivity contribution in [1.82, 2.24) is 19.4 Å². The van der Waals surface area contributed by atoms with E-state index in [1.165, 1.54) is 42.8 Å². The maximum absolute atomic E-state index is 14.6. The highest BCUT2D eigenvalue weighted by Crippen LogP contribution is 2.37. The van der Waals surface area contributed by atoms with Crippen LogP contribution in [0.15, 0.2) is 54.9 Å². The molecule has 0 saturated heterocycles. The first-order chi connectivity index (χ1) is 18.3. The number of hydrogen-bond donors (Lipinski definition) is 0. The summed E-state index contributed by atoms with van der Waals surface area (Å²) in [5.74, 6) is -1.28. The number of pyridine rings is 2. The second-order valence-corrected chi connectivity index (χ2v) is 9.26. The summed E-state index contributed by atoms with van der Waals surface area (Å²) in [6, 6.07) is 12.9. The first-order valence-electron chi connectivity index (χ1n) is 11.5. The van der Waals surface area contributed by atoms with Crippen LogP contribution in [0.3, 0.4) is 0 Å². The average molecular weight is 531 g/mol. The Morgan fingerprint density at radius 2 is 1.87 bits per heavy atom. The number of benzene rings is 1. The van der Waals surface area contributed by atoms with Crippen LogP contribution >= 0.6 is 11.3 Å². The number of aryl methyl sites for hydroxylation is 1. The Morgan fingerprint density at radius 1 is 1.13 bits per heavy atom. The molecule has 0 saturated carbocycles. The molecule has 0 bridgehead atoms. The quantitative estimate of drug-likeness (QED) is 0.257. The second-order valence-electron chi connectivity index (χ2n) is 8.28. The van der Waals surface area contributed by atoms with Gasteiger partial charge in [0.05, 0.1) is 12.8 Å². The molecular weight excluding hydrogens is 510 g/mol. The zero-order chi connectivity index (χ0) is 27.0. The van der Waals surface area contributed by atoms with Gasteiger partial charge in [0.25, 0.3) is 0 Å². The molecule has 0 fully saturated rings. The summed E-state index contributed by atoms with van der Waals surface area (Å²) < 4.78 is 34.4. The Morgan fingerprint density at radius 3 is 2.53 bits per heavy atom. The van der Waals surface area contributed by atoms with Crippen LogP contribution in [0, 0.1) is 23.0 Å². The first kappa shape index (κ1) is 25.0. The van der Waals surface area contributed by atoms with Crippen molar-refractivity contribution in [3.05, 3.63) is 82.8 Å². The lowest BCUT2D eigenvalue weighted by molar-refractivity contribution is 0.0588. The molecule has 11 heteroatoms. The highest BCUT2D eigenvalue weighted by molar-refractivity contribution is 7.16. The Bertz CT molecular complexity index is 1720. The zero-order valence-corrected chi connectivity index (χ0v) is 21.4. The van der Waals surface area contributed by atoms with E-state index in [0.29, 0.717) is 44.5 Å². The summed E-state index contributed by atoms with van der Waals surface area (Å²) in [5.41, 5.74) is 3.31. The van der Waals surface area contributed by atoms with E-state index >= 15 is 0 Å². The number of anilines is 2. The molecule has 8 nitrogen and oxygen atoms in total. The molecule has 0 aliphatic carbocycles. The monoisotopic (exact) mass is 530 g/mol. The Hall–Kier alpha value is -4.69. The van der Waals surface area contributed by atoms with Gasteiger partial charge in [0.1, 0.15) is 33.9 Å². The summed E-state index contributed by atoms with van der Waals surface area (Å²) in [6.07, 6.45) is 3.84. The van der Waals surface area contributed by atoms with Gasteiger partial charge in [-0.1, -0.05) is 18.3 Å². The maximum Gasteiger partial charge on any atom is 0.359 e. The van der Waals surface area contributed by atoms with Crippen LogP contribution < -0.4 is 4.90 Å². The van der Waals surface area contributed by atoms with Gasteiger partial charge in [0, 0.05) is 36.1 Å². The average Bonchev–Trinajstić information content (AvgIpc) is 3.54. The standard InChI is InChI=1S/C27H20F2N6O2S/c1-4-20-25(34(2)27-33-23(21(12-30)38-27)15-5-8-18(28)9-6-15)35-14-16(7-10-22(35)32-20)17-11-19(29)24(31-13-17)26(36)37-3/h5-11,13-14H,4H2,1-3H3. The molecule has 1 aromatic carbocycles. The molecule has 0 unspecified atom stereocenters. The van der Waals surface area contributed by atoms with E-state index < -0.39 is 11.8 Å². The fourth-order valence-electron chi connectivity index (χ4n) is 4.11. The number of methoxy groups -OCH3 is 1. The third kappa shape index (κ3) is 4.35. The van der Waals surface area contributed by atoms with Crippen LogP contribution in [-0.2, 0) is 11.2 Å². The van der Waals surface area contributed by atoms with Crippen molar-refractivity contribution < 1.29 is 18.3 Å². The number of esters is 1. The third-order valence-corrected chi connectivity index (χ3v) is 7.03. The van der Waals surface area contributed by atoms with Gasteiger partial charge in [-0.05, 0) is 48.9 Å². The summed E-state index contributed by atoms with van der Waals surface area (Å²) >= 11 is 1.22. The lowest BCUT2D eigenvalue weighted by Crippen LogP contribution is -2.13. The van der Waals surface area contributed by atoms with Gasteiger partial charge in [0.2, 0.25) is 0 Å². The maximum atomic E-state index is 14.6. The van der Waals surface area contributed by atoms with Crippen molar-refractivity contribution in [2.45, 2.75) is 13.3 Å². The molecule has 0 radical (unpaired) electrons. The fourth-order valence-corrected chi connectivity index (χ4v) is 4.96. The molecule has 190 valence electrons. The van der Waals surface area contributed by atoms with E-state index in [2.05, 4.69) is 15.8 Å². The smallest absolute Gasteiger partial charge is 0.359 e. The number of nitrogens with zero attached hydrogens (tertiary/aromatic N) is 6. The van der Waals surface area contributed by atoms with Crippen molar-refractivity contribution in [3.8, 4) is 28.5 Å². The van der Waals surface area contributed by atoms with Gasteiger partial charge in [-0.3, -0.25) is 4.40 Å². The first-order valence-corrected chi connectivity index (χ1v) is 12.3. The lowest BCUT2D eigenvalue weighted by Gasteiger charge is -2.17. The molecule has 0 atom stereocenters. The van der Waals surface area contributed by atoms with Crippen LogP contribution in [0.4, 0.5) is 19.7 Å². The molecule has 0 spiro atoms. The lowest BCUT2D eigenvalue weighted by atomic mass is 10.1. The molecule has 0 aliphatic heterocycles. The van der Waals surface area contributed by atoms with Crippen LogP contribution in [-0.4, -0.2) is 39.5 Å². The van der Waals surface area contributed by atoms with Crippen LogP contribution in [0.1, 0.15) is 28.0 Å². The Labute approximate surface area is 220 Å². The number of imidazole rings is 1. The summed E-state index contributed by atoms with van der Waals surface area (Å²) in [6.45, 7) is 1.98. The molecule has 4 aromatic heterocycles. The molecular formula is C27H20F2N6O2S. The molecule has 5 rings (SSSR count). The highest BCUT2D eigenvalue weighted by atomic mass is 32.1. The molecule has 5 aromatic rings. The van der Waals surface area contributed by atoms with Crippen LogP contribution in [0.25, 0.3) is 28.0 Å². The van der Waals surface area contributed by atoms with Gasteiger partial charge >= 0.3 is 5.97 Å². The number of hydrogen-bond acceptors (Lipinski definition) is 8. The van der Waals surface area contributed by atoms with Gasteiger partial charge in [-0.2, -0.15) is 5.26 Å². The summed E-state index contributed by atoms with van der Waals surface area (Å²) in [5, 5.41) is 10.3. The molecule has 0 aliphatic rings. The van der Waals surface area contributed by atoms with Gasteiger partial charge < -0.3 is 9.64 Å². The van der Waals surface area contributed by atoms with Gasteiger partial charge in [-0.15, -0.1) is 0 Å². The van der Waals surface area contributed by atoms with Crippen molar-refractivity contribution in [1.29, 1.82) is 5.26 Å². The predicted octanol–water partition coefficient (Wildman–Crippen LogP) is 5.79. The number of rotatable bonds is 6. The van der Waals surface area contributed by atoms with Crippen molar-refractivity contribution in [2.24, 2.45) is 0 Å². The Kier molecular flexibility index (Phi) is 6.57. The zero-order valence-electron chi connectivity index (χ0n) is 20.6. The Balaban J connectivity index is 1.59. The van der Waals surface area contributed by atoms with Crippen molar-refractivity contribution in [2.75, 3.05) is 19.1 Å². The second kappa shape index (κ2) is 9.99. The van der Waals surface area contributed by atoms with Crippen molar-refractivity contribution in [3.63, 3.8) is 0 Å². The fraction of sp³-hybridized carbons (Fsp3) is 0.148. The molecule has 0 amide bonds. The van der Waals surface area contributed by atoms with Crippen LogP contribution in [0.5, 0.6) is 0 Å². The number of carbonyl (C=O) groups is 1. The van der Waals surface area contributed by atoms with Crippen LogP contribution in [0.2, 0.25) is 0 Å². The van der Waals surface area contributed by atoms with Crippen molar-refractivity contribution >= 4 is 33.9 Å². The topological polar surface area (TPSA) is 96.4 Å². The van der Waals surface area contributed by atoms with Gasteiger partial charge in [0.15, 0.2) is 16.6 Å². The molecule has 4 heterocycles. The number of halogens is 2. The molecule has 38 heavy (non-hydrogen) atoms. The number of fused-ring (bicyclic) bond motifs is 1. The van der Waals surface area contributed by atoms with E-state index in [1.54, 1.807) is 24.4 Å². The van der Waals surface area contributed by atoms with E-state index in [0.717, 1.165) is 11.5 Å². The number of aromatic nitrogens is 4. The summed E-state index contributed by atoms with van der Waals surface area (Å²) in [4.78, 5) is 27.3. The number of ether oxygens (including phenoxy) is 1. The molecule has 0 N–H and O–H groups in total. The van der Waals surface area contributed by atoms with E-state index in [1.807, 2.05) is 29.3 Å². The largest absolute Gasteiger partial charge is 0.464 e. The van der Waals surface area contributed by atoms with Gasteiger partial charge in [-0.25, -0.2) is 28.5 Å². The highest BCUT2D eigenvalue weighted by Gasteiger charge is 2.22. The van der Waals surface area contributed by atoms with E-state index in [4.69, 9.17) is 9.97 Å². The number of carbonyl (C=O) groups excluding carboxylic acids is 1. The minimum absolute atomic E-state index is 0.371. The van der Waals surface area contributed by atoms with E-state index in [-0.39, 0.29) is 11.5 Å². The number of nitriles is 1. The third-order valence-electron chi connectivity index (χ3n) is 5.99. The minimum Gasteiger partial charge on any atom is -0.464 e. The summed E-state index contributed by atoms with van der Waals surface area (Å²) in [7, 11) is 2.99. The minimum atomic E-state index is -0.851. The predicted molar refractivity (Wildman–Crippen MR) is 139 cm³/mol. The SMILES string of the molecule is CCc1nc2ccc(-c3cnc(C(=O)OC)c(F)c3)cn2c1N(C)c1nc(-c2ccc(F)cc2)c(C#N)s1. The normalized spacial score (nSPS) is 10.9.